The summed E-state index contributed by atoms with van der Waals surface area (Å²) in [5.41, 5.74) is -6.91. The van der Waals surface area contributed by atoms with Gasteiger partial charge in [-0.3, -0.25) is 9.59 Å². The maximum atomic E-state index is 16.9. The van der Waals surface area contributed by atoms with Gasteiger partial charge in [-0.25, -0.2) is 4.39 Å². The highest BCUT2D eigenvalue weighted by Gasteiger charge is 2.76. The topological polar surface area (TPSA) is 135 Å². The van der Waals surface area contributed by atoms with Gasteiger partial charge in [0.1, 0.15) is 5.60 Å². The van der Waals surface area contributed by atoms with Crippen molar-refractivity contribution in [3.8, 4) is 0 Å². The molecular weight excluding hydrogens is 395 g/mol. The predicted octanol–water partition coefficient (Wildman–Crippen LogP) is 0.185. The molecule has 4 aliphatic carbocycles. The Morgan fingerprint density at radius 1 is 1.20 bits per heavy atom. The minimum absolute atomic E-state index is 0.0744. The summed E-state index contributed by atoms with van der Waals surface area (Å²) < 4.78 is 16.9. The number of hydrogen-bond donors (Lipinski definition) is 5. The number of halogens is 1. The number of Topliss-reactive ketones (excluding diaryl/α,β-unsaturated/α-hetero) is 1. The van der Waals surface area contributed by atoms with Crippen molar-refractivity contribution in [3.63, 3.8) is 0 Å². The van der Waals surface area contributed by atoms with Crippen molar-refractivity contribution in [1.82, 2.24) is 0 Å². The van der Waals surface area contributed by atoms with E-state index in [1.165, 1.54) is 18.2 Å². The molecule has 166 valence electrons. The zero-order valence-corrected chi connectivity index (χ0v) is 17.2. The summed E-state index contributed by atoms with van der Waals surface area (Å²) in [6, 6.07) is 0. The number of alkyl halides is 1. The van der Waals surface area contributed by atoms with Crippen LogP contribution in [0.4, 0.5) is 4.39 Å². The van der Waals surface area contributed by atoms with Crippen LogP contribution in [0.5, 0.6) is 0 Å². The Labute approximate surface area is 173 Å². The maximum absolute atomic E-state index is 16.9. The average Bonchev–Trinajstić information content (AvgIpc) is 2.86. The van der Waals surface area contributed by atoms with E-state index in [1.54, 1.807) is 20.8 Å². The van der Waals surface area contributed by atoms with Crippen LogP contribution < -0.4 is 0 Å². The van der Waals surface area contributed by atoms with Gasteiger partial charge in [0.15, 0.2) is 11.5 Å². The molecule has 0 aromatic heterocycles. The highest BCUT2D eigenvalue weighted by Crippen LogP contribution is 2.70. The SMILES string of the molecule is C[C@@H]1C[C@H]2[C@@H]3C[C@@H](O)C4=CC(=O)C=C[C@]4(C)[C@@]3(F)[C@@H](O)C[C@]2(C)[C@@]1(O)C(=O)C(O)O. The van der Waals surface area contributed by atoms with Crippen LogP contribution in [0.3, 0.4) is 0 Å². The summed E-state index contributed by atoms with van der Waals surface area (Å²) >= 11 is 0. The van der Waals surface area contributed by atoms with Gasteiger partial charge in [0.2, 0.25) is 12.1 Å². The number of carbonyl (C=O) groups excluding carboxylic acids is 2. The van der Waals surface area contributed by atoms with Gasteiger partial charge in [-0.15, -0.1) is 0 Å². The molecule has 3 saturated carbocycles. The Morgan fingerprint density at radius 3 is 2.43 bits per heavy atom. The van der Waals surface area contributed by atoms with Gasteiger partial charge in [-0.2, -0.15) is 0 Å². The Kier molecular flexibility index (Phi) is 4.57. The smallest absolute Gasteiger partial charge is 0.220 e. The second kappa shape index (κ2) is 6.29. The summed E-state index contributed by atoms with van der Waals surface area (Å²) in [7, 11) is 0. The molecule has 0 radical (unpaired) electrons. The molecule has 8 heteroatoms. The van der Waals surface area contributed by atoms with Crippen LogP contribution in [-0.4, -0.2) is 66.9 Å². The fourth-order valence-corrected chi connectivity index (χ4v) is 7.31. The molecular formula is C22H29FO7. The maximum Gasteiger partial charge on any atom is 0.220 e. The van der Waals surface area contributed by atoms with Crippen LogP contribution in [0.1, 0.15) is 40.0 Å². The normalized spacial score (nSPS) is 52.5. The van der Waals surface area contributed by atoms with Gasteiger partial charge in [-0.1, -0.05) is 19.9 Å². The number of fused-ring (bicyclic) bond motifs is 5. The van der Waals surface area contributed by atoms with Crippen molar-refractivity contribution in [2.75, 3.05) is 0 Å². The van der Waals surface area contributed by atoms with Crippen LogP contribution in [-0.2, 0) is 9.59 Å². The molecule has 0 unspecified atom stereocenters. The standard InChI is InChI=1S/C22H29FO7/c1-10-6-12-13-8-15(25)14-7-11(24)4-5-19(14,2)21(13,23)16(26)9-20(12,3)22(10,30)17(27)18(28)29/h4-5,7,10,12-13,15-16,18,25-26,28-30H,6,8-9H2,1-3H3/t10-,12+,13+,15-,16+,19+,20+,21+,22+/m1/s1. The van der Waals surface area contributed by atoms with Crippen LogP contribution in [0.25, 0.3) is 0 Å². The highest BCUT2D eigenvalue weighted by molar-refractivity contribution is 6.01. The van der Waals surface area contributed by atoms with Gasteiger partial charge in [0.25, 0.3) is 0 Å². The molecule has 9 atom stereocenters. The number of ketones is 2. The third kappa shape index (κ3) is 2.26. The predicted molar refractivity (Wildman–Crippen MR) is 102 cm³/mol. The van der Waals surface area contributed by atoms with Crippen LogP contribution in [0.2, 0.25) is 0 Å². The van der Waals surface area contributed by atoms with Crippen molar-refractivity contribution in [2.45, 2.75) is 69.8 Å². The van der Waals surface area contributed by atoms with E-state index < -0.39 is 64.1 Å². The van der Waals surface area contributed by atoms with E-state index in [9.17, 15) is 35.1 Å². The Balaban J connectivity index is 1.86. The van der Waals surface area contributed by atoms with E-state index >= 15 is 4.39 Å². The van der Waals surface area contributed by atoms with E-state index in [-0.39, 0.29) is 30.6 Å². The van der Waals surface area contributed by atoms with Crippen molar-refractivity contribution < 1.29 is 39.5 Å². The molecule has 0 amide bonds. The Hall–Kier alpha value is -1.45. The van der Waals surface area contributed by atoms with E-state index in [2.05, 4.69) is 0 Å². The zero-order valence-electron chi connectivity index (χ0n) is 17.2. The number of allylic oxidation sites excluding steroid dienone is 3. The lowest BCUT2D eigenvalue weighted by molar-refractivity contribution is -0.231. The lowest BCUT2D eigenvalue weighted by Crippen LogP contribution is -2.71. The van der Waals surface area contributed by atoms with Gasteiger partial charge >= 0.3 is 0 Å². The quantitative estimate of drug-likeness (QED) is 0.399. The van der Waals surface area contributed by atoms with Crippen LogP contribution >= 0.6 is 0 Å². The third-order valence-corrected chi connectivity index (χ3v) is 8.86. The van der Waals surface area contributed by atoms with Crippen LogP contribution in [0, 0.1) is 28.6 Å². The minimum Gasteiger partial charge on any atom is -0.390 e. The molecule has 7 nitrogen and oxygen atoms in total. The summed E-state index contributed by atoms with van der Waals surface area (Å²) in [5.74, 6) is -3.74. The second-order valence-corrected chi connectivity index (χ2v) is 10.0. The average molecular weight is 424 g/mol. The van der Waals surface area contributed by atoms with Crippen LogP contribution in [0.15, 0.2) is 23.8 Å². The molecule has 0 spiro atoms. The van der Waals surface area contributed by atoms with Gasteiger partial charge < -0.3 is 25.5 Å². The fraction of sp³-hybridized carbons (Fsp3) is 0.727. The molecule has 4 aliphatic rings. The van der Waals surface area contributed by atoms with E-state index in [1.807, 2.05) is 0 Å². The molecule has 4 rings (SSSR count). The first kappa shape index (κ1) is 21.8. The summed E-state index contributed by atoms with van der Waals surface area (Å²) in [6.07, 6.45) is -1.38. The number of aliphatic hydroxyl groups excluding tert-OH is 3. The highest BCUT2D eigenvalue weighted by atomic mass is 19.1. The zero-order chi connectivity index (χ0) is 22.4. The first-order valence-corrected chi connectivity index (χ1v) is 10.4. The summed E-state index contributed by atoms with van der Waals surface area (Å²) in [6.45, 7) is 4.72. The monoisotopic (exact) mass is 424 g/mol. The van der Waals surface area contributed by atoms with Crippen molar-refractivity contribution in [2.24, 2.45) is 28.6 Å². The molecule has 0 bridgehead atoms. The third-order valence-electron chi connectivity index (χ3n) is 8.86. The summed E-state index contributed by atoms with van der Waals surface area (Å²) in [5, 5.41) is 52.3. The molecule has 0 aliphatic heterocycles. The number of aliphatic hydroxyl groups is 5. The minimum atomic E-state index is -2.39. The molecule has 3 fully saturated rings. The Morgan fingerprint density at radius 2 is 1.83 bits per heavy atom. The first-order valence-electron chi connectivity index (χ1n) is 10.4. The molecule has 0 heterocycles. The van der Waals surface area contributed by atoms with E-state index in [0.29, 0.717) is 0 Å². The molecule has 0 aromatic rings. The van der Waals surface area contributed by atoms with E-state index in [4.69, 9.17) is 0 Å². The van der Waals surface area contributed by atoms with Gasteiger partial charge in [0.05, 0.1) is 12.2 Å². The molecule has 30 heavy (non-hydrogen) atoms. The second-order valence-electron chi connectivity index (χ2n) is 10.0. The number of carbonyl (C=O) groups is 2. The molecule has 5 N–H and O–H groups in total. The number of hydrogen-bond acceptors (Lipinski definition) is 7. The van der Waals surface area contributed by atoms with Gasteiger partial charge in [0, 0.05) is 16.7 Å². The lowest BCUT2D eigenvalue weighted by atomic mass is 9.44. The van der Waals surface area contributed by atoms with Gasteiger partial charge in [-0.05, 0) is 55.7 Å². The first-order chi connectivity index (χ1) is 13.7. The fourth-order valence-electron chi connectivity index (χ4n) is 7.31. The molecule has 0 saturated heterocycles. The molecule has 0 aromatic carbocycles. The lowest BCUT2D eigenvalue weighted by Gasteiger charge is -2.63. The van der Waals surface area contributed by atoms with E-state index in [0.717, 1.165) is 0 Å². The van der Waals surface area contributed by atoms with Crippen molar-refractivity contribution >= 4 is 11.6 Å². The Bertz CT molecular complexity index is 868. The summed E-state index contributed by atoms with van der Waals surface area (Å²) in [4.78, 5) is 24.5. The van der Waals surface area contributed by atoms with Crippen molar-refractivity contribution in [3.05, 3.63) is 23.8 Å². The number of rotatable bonds is 2. The van der Waals surface area contributed by atoms with Crippen molar-refractivity contribution in [1.29, 1.82) is 0 Å². The largest absolute Gasteiger partial charge is 0.390 e.